The van der Waals surface area contributed by atoms with Crippen molar-refractivity contribution in [2.24, 2.45) is 0 Å². The van der Waals surface area contributed by atoms with Gasteiger partial charge >= 0.3 is 0 Å². The molecule has 0 aliphatic heterocycles. The highest BCUT2D eigenvalue weighted by Crippen LogP contribution is 2.23. The number of benzene rings is 1. The van der Waals surface area contributed by atoms with Crippen LogP contribution in [0.25, 0.3) is 11.0 Å². The second-order valence-corrected chi connectivity index (χ2v) is 7.81. The Balaban J connectivity index is 1.41. The largest absolute Gasteiger partial charge is 0.468 e. The third-order valence-corrected chi connectivity index (χ3v) is 5.40. The molecule has 1 atom stereocenters. The van der Waals surface area contributed by atoms with Crippen LogP contribution in [0.2, 0.25) is 0 Å². The minimum Gasteiger partial charge on any atom is -0.468 e. The van der Waals surface area contributed by atoms with Gasteiger partial charge in [-0.3, -0.25) is 9.69 Å². The summed E-state index contributed by atoms with van der Waals surface area (Å²) in [6.07, 6.45) is 1.66. The number of nitrogens with one attached hydrogen (secondary N) is 1. The van der Waals surface area contributed by atoms with Crippen LogP contribution in [0, 0.1) is 0 Å². The van der Waals surface area contributed by atoms with Crippen LogP contribution in [-0.2, 0) is 17.9 Å². The van der Waals surface area contributed by atoms with E-state index >= 15 is 0 Å². The summed E-state index contributed by atoms with van der Waals surface area (Å²) in [7, 11) is 0. The molecule has 1 aromatic carbocycles. The summed E-state index contributed by atoms with van der Waals surface area (Å²) in [5.74, 6) is 1.55. The summed E-state index contributed by atoms with van der Waals surface area (Å²) in [4.78, 5) is 16.0. The quantitative estimate of drug-likeness (QED) is 0.459. The zero-order valence-electron chi connectivity index (χ0n) is 15.6. The van der Waals surface area contributed by atoms with E-state index < -0.39 is 0 Å². The summed E-state index contributed by atoms with van der Waals surface area (Å²) < 4.78 is 11.3. The predicted octanol–water partition coefficient (Wildman–Crippen LogP) is 4.97. The molecule has 0 aliphatic rings. The Hall–Kier alpha value is -2.83. The number of carbonyl (C=O) groups is 1. The van der Waals surface area contributed by atoms with Crippen LogP contribution in [0.15, 0.2) is 75.1 Å². The van der Waals surface area contributed by atoms with Gasteiger partial charge in [-0.25, -0.2) is 0 Å². The fraction of sp³-hybridized carbons (Fsp3) is 0.227. The summed E-state index contributed by atoms with van der Waals surface area (Å²) in [5, 5.41) is 6.13. The Bertz CT molecular complexity index is 952. The molecule has 4 aromatic rings. The fourth-order valence-electron chi connectivity index (χ4n) is 3.19. The van der Waals surface area contributed by atoms with Gasteiger partial charge in [0.2, 0.25) is 5.91 Å². The lowest BCUT2D eigenvalue weighted by Crippen LogP contribution is -2.37. The van der Waals surface area contributed by atoms with Crippen LogP contribution in [0.5, 0.6) is 0 Å². The van der Waals surface area contributed by atoms with Crippen molar-refractivity contribution in [1.29, 1.82) is 0 Å². The van der Waals surface area contributed by atoms with Crippen molar-refractivity contribution < 1.29 is 13.6 Å². The van der Waals surface area contributed by atoms with Crippen LogP contribution in [0.3, 0.4) is 0 Å². The van der Waals surface area contributed by atoms with Gasteiger partial charge < -0.3 is 14.2 Å². The summed E-state index contributed by atoms with van der Waals surface area (Å²) >= 11 is 1.69. The van der Waals surface area contributed by atoms with E-state index in [-0.39, 0.29) is 18.5 Å². The number of nitrogens with zero attached hydrogens (tertiary/aromatic N) is 1. The van der Waals surface area contributed by atoms with Gasteiger partial charge in [-0.1, -0.05) is 24.3 Å². The van der Waals surface area contributed by atoms with Crippen LogP contribution in [-0.4, -0.2) is 17.4 Å². The monoisotopic (exact) mass is 394 g/mol. The number of carbonyl (C=O) groups excluding carboxylic acids is 1. The molecule has 144 valence electrons. The minimum atomic E-state index is -0.202. The molecule has 0 bridgehead atoms. The molecule has 5 nitrogen and oxygen atoms in total. The van der Waals surface area contributed by atoms with Crippen LogP contribution in [0.1, 0.15) is 29.4 Å². The number of thiophene rings is 1. The molecule has 0 saturated carbocycles. The Morgan fingerprint density at radius 2 is 2.04 bits per heavy atom. The van der Waals surface area contributed by atoms with Crippen molar-refractivity contribution in [3.8, 4) is 0 Å². The number of amides is 1. The number of rotatable bonds is 8. The number of hydrogen-bond donors (Lipinski definition) is 1. The number of para-hydroxylation sites is 1. The lowest BCUT2D eigenvalue weighted by molar-refractivity contribution is -0.123. The molecule has 1 amide bonds. The van der Waals surface area contributed by atoms with Crippen LogP contribution < -0.4 is 5.32 Å². The van der Waals surface area contributed by atoms with Crippen LogP contribution in [0.4, 0.5) is 0 Å². The smallest absolute Gasteiger partial charge is 0.234 e. The molecule has 0 saturated heterocycles. The molecule has 28 heavy (non-hydrogen) atoms. The van der Waals surface area contributed by atoms with Gasteiger partial charge in [0.05, 0.1) is 25.4 Å². The van der Waals surface area contributed by atoms with E-state index in [2.05, 4.69) is 16.3 Å². The molecule has 0 aliphatic carbocycles. The zero-order chi connectivity index (χ0) is 19.3. The Labute approximate surface area is 167 Å². The molecular weight excluding hydrogens is 372 g/mol. The second-order valence-electron chi connectivity index (χ2n) is 6.78. The normalized spacial score (nSPS) is 12.5. The first-order valence-corrected chi connectivity index (χ1v) is 10.1. The molecule has 3 aromatic heterocycles. The fourth-order valence-corrected chi connectivity index (χ4v) is 3.94. The van der Waals surface area contributed by atoms with E-state index in [0.29, 0.717) is 13.1 Å². The number of furan rings is 2. The summed E-state index contributed by atoms with van der Waals surface area (Å²) in [6, 6.07) is 17.5. The average molecular weight is 394 g/mol. The third-order valence-electron chi connectivity index (χ3n) is 4.54. The molecule has 0 fully saturated rings. The number of hydrogen-bond acceptors (Lipinski definition) is 5. The maximum Gasteiger partial charge on any atom is 0.234 e. The van der Waals surface area contributed by atoms with E-state index in [1.165, 1.54) is 4.88 Å². The standard InChI is InChI=1S/C22H22N2O3S/c1-16(21-12-17-6-2-3-9-20(17)27-21)23-22(25)15-24(13-18-7-4-10-26-18)14-19-8-5-11-28-19/h2-12,16H,13-15H2,1H3,(H,23,25)/t16-/m1/s1. The van der Waals surface area contributed by atoms with Gasteiger partial charge in [-0.2, -0.15) is 0 Å². The molecule has 6 heteroatoms. The van der Waals surface area contributed by atoms with Gasteiger partial charge in [0, 0.05) is 16.8 Å². The third kappa shape index (κ3) is 4.52. The molecule has 0 radical (unpaired) electrons. The molecular formula is C22H22N2O3S. The van der Waals surface area contributed by atoms with Crippen molar-refractivity contribution in [2.75, 3.05) is 6.54 Å². The molecule has 0 unspecified atom stereocenters. The van der Waals surface area contributed by atoms with E-state index in [0.717, 1.165) is 22.5 Å². The first kappa shape index (κ1) is 18.5. The first-order chi connectivity index (χ1) is 13.7. The van der Waals surface area contributed by atoms with Crippen LogP contribution >= 0.6 is 11.3 Å². The summed E-state index contributed by atoms with van der Waals surface area (Å²) in [5.41, 5.74) is 0.829. The summed E-state index contributed by atoms with van der Waals surface area (Å²) in [6.45, 7) is 3.50. The number of fused-ring (bicyclic) bond motifs is 1. The average Bonchev–Trinajstić information content (AvgIpc) is 3.43. The second kappa shape index (κ2) is 8.46. The first-order valence-electron chi connectivity index (χ1n) is 9.22. The highest BCUT2D eigenvalue weighted by Gasteiger charge is 2.18. The lowest BCUT2D eigenvalue weighted by Gasteiger charge is -2.21. The van der Waals surface area contributed by atoms with Crippen molar-refractivity contribution in [1.82, 2.24) is 10.2 Å². The van der Waals surface area contributed by atoms with Crippen molar-refractivity contribution in [3.05, 3.63) is 82.6 Å². The highest BCUT2D eigenvalue weighted by molar-refractivity contribution is 7.09. The van der Waals surface area contributed by atoms with Crippen molar-refractivity contribution in [2.45, 2.75) is 26.1 Å². The molecule has 1 N–H and O–H groups in total. The maximum absolute atomic E-state index is 12.7. The lowest BCUT2D eigenvalue weighted by atomic mass is 10.2. The van der Waals surface area contributed by atoms with Crippen molar-refractivity contribution in [3.63, 3.8) is 0 Å². The van der Waals surface area contributed by atoms with Gasteiger partial charge in [0.25, 0.3) is 0 Å². The molecule has 0 spiro atoms. The van der Waals surface area contributed by atoms with E-state index in [1.54, 1.807) is 17.6 Å². The Morgan fingerprint density at radius 3 is 2.79 bits per heavy atom. The van der Waals surface area contributed by atoms with E-state index in [1.807, 2.05) is 60.8 Å². The Kier molecular flexibility index (Phi) is 5.60. The molecule has 4 rings (SSSR count). The van der Waals surface area contributed by atoms with Gasteiger partial charge in [-0.05, 0) is 42.6 Å². The molecule has 3 heterocycles. The van der Waals surface area contributed by atoms with Gasteiger partial charge in [0.15, 0.2) is 0 Å². The predicted molar refractivity (Wildman–Crippen MR) is 110 cm³/mol. The maximum atomic E-state index is 12.7. The minimum absolute atomic E-state index is 0.0453. The zero-order valence-corrected chi connectivity index (χ0v) is 16.4. The highest BCUT2D eigenvalue weighted by atomic mass is 32.1. The Morgan fingerprint density at radius 1 is 1.14 bits per heavy atom. The van der Waals surface area contributed by atoms with Crippen molar-refractivity contribution >= 4 is 28.2 Å². The van der Waals surface area contributed by atoms with E-state index in [4.69, 9.17) is 8.83 Å². The van der Waals surface area contributed by atoms with E-state index in [9.17, 15) is 4.79 Å². The SMILES string of the molecule is C[C@@H](NC(=O)CN(Cc1ccco1)Cc1cccs1)c1cc2ccccc2o1. The topological polar surface area (TPSA) is 58.6 Å². The van der Waals surface area contributed by atoms with Gasteiger partial charge in [0.1, 0.15) is 17.1 Å². The van der Waals surface area contributed by atoms with Gasteiger partial charge in [-0.15, -0.1) is 11.3 Å².